The van der Waals surface area contributed by atoms with Gasteiger partial charge in [0, 0.05) is 17.8 Å². The van der Waals surface area contributed by atoms with Crippen molar-refractivity contribution < 1.29 is 9.72 Å². The van der Waals surface area contributed by atoms with Crippen LogP contribution in [-0.4, -0.2) is 17.8 Å². The van der Waals surface area contributed by atoms with E-state index in [0.29, 0.717) is 12.8 Å². The van der Waals surface area contributed by atoms with Crippen molar-refractivity contribution in [2.45, 2.75) is 51.4 Å². The van der Waals surface area contributed by atoms with Gasteiger partial charge in [-0.1, -0.05) is 25.7 Å². The van der Waals surface area contributed by atoms with E-state index in [-0.39, 0.29) is 11.5 Å². The predicted molar refractivity (Wildman–Crippen MR) is 54.9 cm³/mol. The van der Waals surface area contributed by atoms with E-state index in [4.69, 9.17) is 0 Å². The van der Waals surface area contributed by atoms with Gasteiger partial charge < -0.3 is 4.79 Å². The molecule has 0 unspecified atom stereocenters. The van der Waals surface area contributed by atoms with Crippen molar-refractivity contribution in [3.8, 4) is 0 Å². The fourth-order valence-corrected chi connectivity index (χ4v) is 1.35. The summed E-state index contributed by atoms with van der Waals surface area (Å²) in [6.45, 7) is 0.102. The van der Waals surface area contributed by atoms with Crippen LogP contribution >= 0.6 is 0 Å². The first kappa shape index (κ1) is 13.1. The summed E-state index contributed by atoms with van der Waals surface area (Å²) < 4.78 is 0. The van der Waals surface area contributed by atoms with Crippen LogP contribution in [0.25, 0.3) is 0 Å². The minimum atomic E-state index is -0.260. The van der Waals surface area contributed by atoms with Gasteiger partial charge in [-0.2, -0.15) is 0 Å². The third kappa shape index (κ3) is 11.1. The molecule has 0 radical (unpaired) electrons. The average molecular weight is 201 g/mol. The number of rotatable bonds is 10. The molecule has 0 saturated carbocycles. The molecule has 0 spiro atoms. The minimum Gasteiger partial charge on any atom is -0.303 e. The number of hydrogen-bond acceptors (Lipinski definition) is 3. The molecule has 0 amide bonds. The van der Waals surface area contributed by atoms with Crippen LogP contribution in [-0.2, 0) is 4.79 Å². The van der Waals surface area contributed by atoms with Crippen molar-refractivity contribution in [2.75, 3.05) is 6.54 Å². The molecule has 0 aromatic rings. The lowest BCUT2D eigenvalue weighted by Gasteiger charge is -1.98. The predicted octanol–water partition coefficient (Wildman–Crippen LogP) is 2.58. The molecule has 0 N–H and O–H groups in total. The lowest BCUT2D eigenvalue weighted by Crippen LogP contribution is -1.99. The summed E-state index contributed by atoms with van der Waals surface area (Å²) in [6, 6.07) is 0. The summed E-state index contributed by atoms with van der Waals surface area (Å²) >= 11 is 0. The Morgan fingerprint density at radius 1 is 0.929 bits per heavy atom. The van der Waals surface area contributed by atoms with Crippen LogP contribution in [0.1, 0.15) is 51.4 Å². The van der Waals surface area contributed by atoms with Gasteiger partial charge in [-0.3, -0.25) is 10.1 Å². The van der Waals surface area contributed by atoms with Gasteiger partial charge in [-0.05, 0) is 12.8 Å². The Labute approximate surface area is 84.8 Å². The fraction of sp³-hybridized carbons (Fsp3) is 0.900. The lowest BCUT2D eigenvalue weighted by molar-refractivity contribution is -0.480. The second kappa shape index (κ2) is 10.2. The molecule has 0 aliphatic heterocycles. The SMILES string of the molecule is O=CCCCCCCCCC[N+](=O)[O-]. The standard InChI is InChI=1S/C10H19NO3/c12-10-8-6-4-2-1-3-5-7-9-11(13)14/h10H,1-9H2. The molecule has 4 heteroatoms. The minimum absolute atomic E-state index is 0.102. The number of aldehydes is 1. The van der Waals surface area contributed by atoms with Gasteiger partial charge in [0.25, 0.3) is 0 Å². The monoisotopic (exact) mass is 201 g/mol. The van der Waals surface area contributed by atoms with Crippen LogP contribution in [0.4, 0.5) is 0 Å². The number of carbonyl (C=O) groups excluding carboxylic acids is 1. The molecular formula is C10H19NO3. The Morgan fingerprint density at radius 2 is 1.43 bits per heavy atom. The zero-order valence-corrected chi connectivity index (χ0v) is 8.61. The van der Waals surface area contributed by atoms with Gasteiger partial charge in [0.1, 0.15) is 6.29 Å². The highest BCUT2D eigenvalue weighted by molar-refractivity contribution is 5.48. The maximum Gasteiger partial charge on any atom is 0.203 e. The van der Waals surface area contributed by atoms with Crippen molar-refractivity contribution in [1.29, 1.82) is 0 Å². The average Bonchev–Trinajstić information content (AvgIpc) is 2.15. The number of hydrogen-bond donors (Lipinski definition) is 0. The molecular weight excluding hydrogens is 182 g/mol. The fourth-order valence-electron chi connectivity index (χ4n) is 1.35. The van der Waals surface area contributed by atoms with Gasteiger partial charge >= 0.3 is 0 Å². The van der Waals surface area contributed by atoms with E-state index < -0.39 is 0 Å². The highest BCUT2D eigenvalue weighted by atomic mass is 16.6. The van der Waals surface area contributed by atoms with Gasteiger partial charge in [-0.25, -0.2) is 0 Å². The highest BCUT2D eigenvalue weighted by Crippen LogP contribution is 2.07. The van der Waals surface area contributed by atoms with Gasteiger partial charge in [0.15, 0.2) is 0 Å². The summed E-state index contributed by atoms with van der Waals surface area (Å²) in [5.41, 5.74) is 0. The molecule has 0 fully saturated rings. The van der Waals surface area contributed by atoms with E-state index in [9.17, 15) is 14.9 Å². The number of unbranched alkanes of at least 4 members (excludes halogenated alkanes) is 7. The number of carbonyl (C=O) groups is 1. The van der Waals surface area contributed by atoms with Crippen molar-refractivity contribution in [3.05, 3.63) is 10.1 Å². The molecule has 0 aliphatic carbocycles. The summed E-state index contributed by atoms with van der Waals surface area (Å²) in [4.78, 5) is 19.7. The number of nitro groups is 1. The van der Waals surface area contributed by atoms with E-state index in [1.807, 2.05) is 0 Å². The summed E-state index contributed by atoms with van der Waals surface area (Å²) in [5.74, 6) is 0. The third-order valence-corrected chi connectivity index (χ3v) is 2.16. The van der Waals surface area contributed by atoms with Crippen LogP contribution in [0.3, 0.4) is 0 Å². The molecule has 0 saturated heterocycles. The van der Waals surface area contributed by atoms with Crippen LogP contribution in [0.2, 0.25) is 0 Å². The zero-order valence-electron chi connectivity index (χ0n) is 8.61. The highest BCUT2D eigenvalue weighted by Gasteiger charge is 1.96. The van der Waals surface area contributed by atoms with Gasteiger partial charge in [0.2, 0.25) is 6.54 Å². The lowest BCUT2D eigenvalue weighted by atomic mass is 10.1. The first-order valence-electron chi connectivity index (χ1n) is 5.33. The molecule has 0 aromatic carbocycles. The molecule has 14 heavy (non-hydrogen) atoms. The van der Waals surface area contributed by atoms with E-state index in [1.54, 1.807) is 0 Å². The smallest absolute Gasteiger partial charge is 0.203 e. The maximum absolute atomic E-state index is 9.98. The van der Waals surface area contributed by atoms with Crippen LogP contribution in [0, 0.1) is 10.1 Å². The van der Waals surface area contributed by atoms with E-state index >= 15 is 0 Å². The normalized spacial score (nSPS) is 10.0. The molecule has 0 aliphatic rings. The second-order valence-electron chi connectivity index (χ2n) is 3.49. The summed E-state index contributed by atoms with van der Waals surface area (Å²) in [5, 5.41) is 9.98. The van der Waals surface area contributed by atoms with E-state index in [0.717, 1.165) is 44.8 Å². The van der Waals surface area contributed by atoms with Gasteiger partial charge in [-0.15, -0.1) is 0 Å². The second-order valence-corrected chi connectivity index (χ2v) is 3.49. The Balaban J connectivity index is 2.92. The molecule has 0 aromatic heterocycles. The van der Waals surface area contributed by atoms with Crippen molar-refractivity contribution in [2.24, 2.45) is 0 Å². The molecule has 82 valence electrons. The first-order chi connectivity index (χ1) is 6.77. The molecule has 0 bridgehead atoms. The molecule has 0 rings (SSSR count). The van der Waals surface area contributed by atoms with Crippen LogP contribution in [0.15, 0.2) is 0 Å². The molecule has 0 atom stereocenters. The Morgan fingerprint density at radius 3 is 1.93 bits per heavy atom. The third-order valence-electron chi connectivity index (χ3n) is 2.16. The quantitative estimate of drug-likeness (QED) is 0.236. The van der Waals surface area contributed by atoms with Crippen molar-refractivity contribution in [3.63, 3.8) is 0 Å². The summed E-state index contributed by atoms with van der Waals surface area (Å²) in [7, 11) is 0. The van der Waals surface area contributed by atoms with Gasteiger partial charge in [0.05, 0.1) is 0 Å². The van der Waals surface area contributed by atoms with Crippen molar-refractivity contribution >= 4 is 6.29 Å². The van der Waals surface area contributed by atoms with Crippen LogP contribution in [0.5, 0.6) is 0 Å². The van der Waals surface area contributed by atoms with E-state index in [1.165, 1.54) is 0 Å². The van der Waals surface area contributed by atoms with Crippen molar-refractivity contribution in [1.82, 2.24) is 0 Å². The largest absolute Gasteiger partial charge is 0.303 e. The first-order valence-corrected chi connectivity index (χ1v) is 5.33. The maximum atomic E-state index is 9.98. The van der Waals surface area contributed by atoms with Crippen LogP contribution < -0.4 is 0 Å². The Kier molecular flexibility index (Phi) is 9.48. The Hall–Kier alpha value is -0.930. The topological polar surface area (TPSA) is 60.2 Å². The zero-order chi connectivity index (χ0) is 10.6. The molecule has 0 heterocycles. The van der Waals surface area contributed by atoms with E-state index in [2.05, 4.69) is 0 Å². The Bertz CT molecular complexity index is 159. The summed E-state index contributed by atoms with van der Waals surface area (Å²) in [6.07, 6.45) is 8.72. The number of nitrogens with zero attached hydrogens (tertiary/aromatic N) is 1. The molecule has 4 nitrogen and oxygen atoms in total.